The topological polar surface area (TPSA) is 50.4 Å². The number of carbonyl (C=O) groups is 1. The minimum atomic E-state index is -0.928. The summed E-state index contributed by atoms with van der Waals surface area (Å²) in [5, 5.41) is 9.85. The van der Waals surface area contributed by atoms with Crippen LogP contribution in [0.1, 0.15) is 22.8 Å². The Morgan fingerprint density at radius 3 is 3.00 bits per heavy atom. The highest BCUT2D eigenvalue weighted by Crippen LogP contribution is 2.25. The lowest BCUT2D eigenvalue weighted by molar-refractivity contribution is 0.0697. The molecule has 0 amide bonds. The molecule has 0 aliphatic carbocycles. The summed E-state index contributed by atoms with van der Waals surface area (Å²) in [6.45, 7) is 2.11. The van der Waals surface area contributed by atoms with Gasteiger partial charge in [0.25, 0.3) is 0 Å². The van der Waals surface area contributed by atoms with Gasteiger partial charge in [0.1, 0.15) is 5.58 Å². The SMILES string of the molecule is CCSCc1coc2cc(C(=O)O)ccc12. The van der Waals surface area contributed by atoms with Crippen LogP contribution in [-0.4, -0.2) is 16.8 Å². The molecular formula is C12H12O3S. The van der Waals surface area contributed by atoms with Gasteiger partial charge in [-0.15, -0.1) is 0 Å². The molecule has 1 aromatic heterocycles. The van der Waals surface area contributed by atoms with Gasteiger partial charge in [-0.25, -0.2) is 4.79 Å². The van der Waals surface area contributed by atoms with E-state index >= 15 is 0 Å². The molecule has 1 N–H and O–H groups in total. The Kier molecular flexibility index (Phi) is 3.19. The highest BCUT2D eigenvalue weighted by molar-refractivity contribution is 7.98. The Morgan fingerprint density at radius 2 is 2.31 bits per heavy atom. The fourth-order valence-corrected chi connectivity index (χ4v) is 2.19. The lowest BCUT2D eigenvalue weighted by Crippen LogP contribution is -1.94. The Morgan fingerprint density at radius 1 is 1.50 bits per heavy atom. The second-order valence-electron chi connectivity index (χ2n) is 3.41. The van der Waals surface area contributed by atoms with Crippen molar-refractivity contribution in [1.29, 1.82) is 0 Å². The fraction of sp³-hybridized carbons (Fsp3) is 0.250. The van der Waals surface area contributed by atoms with E-state index in [0.717, 1.165) is 22.5 Å². The van der Waals surface area contributed by atoms with Crippen molar-refractivity contribution in [3.63, 3.8) is 0 Å². The predicted octanol–water partition coefficient (Wildman–Crippen LogP) is 3.38. The van der Waals surface area contributed by atoms with Crippen molar-refractivity contribution in [1.82, 2.24) is 0 Å². The van der Waals surface area contributed by atoms with Crippen LogP contribution in [0.4, 0.5) is 0 Å². The summed E-state index contributed by atoms with van der Waals surface area (Å²) in [6, 6.07) is 4.99. The summed E-state index contributed by atoms with van der Waals surface area (Å²) in [4.78, 5) is 10.8. The highest BCUT2D eigenvalue weighted by Gasteiger charge is 2.09. The number of hydrogen-bond donors (Lipinski definition) is 1. The maximum atomic E-state index is 10.8. The second kappa shape index (κ2) is 4.61. The van der Waals surface area contributed by atoms with Crippen molar-refractivity contribution in [3.8, 4) is 0 Å². The average Bonchev–Trinajstić information content (AvgIpc) is 2.68. The van der Waals surface area contributed by atoms with Gasteiger partial charge in [0, 0.05) is 16.7 Å². The van der Waals surface area contributed by atoms with Gasteiger partial charge < -0.3 is 9.52 Å². The number of aromatic carboxylic acids is 1. The van der Waals surface area contributed by atoms with Crippen molar-refractivity contribution >= 4 is 28.7 Å². The molecule has 0 saturated heterocycles. The summed E-state index contributed by atoms with van der Waals surface area (Å²) < 4.78 is 5.36. The average molecular weight is 236 g/mol. The summed E-state index contributed by atoms with van der Waals surface area (Å²) in [5.74, 6) is 1.03. The van der Waals surface area contributed by atoms with Crippen molar-refractivity contribution in [2.45, 2.75) is 12.7 Å². The van der Waals surface area contributed by atoms with Crippen LogP contribution in [0.25, 0.3) is 11.0 Å². The Labute approximate surface area is 97.4 Å². The minimum Gasteiger partial charge on any atom is -0.478 e. The number of carboxylic acids is 1. The molecule has 16 heavy (non-hydrogen) atoms. The molecule has 0 spiro atoms. The number of fused-ring (bicyclic) bond motifs is 1. The third kappa shape index (κ3) is 2.07. The summed E-state index contributed by atoms with van der Waals surface area (Å²) in [5.41, 5.74) is 2.03. The first-order valence-corrected chi connectivity index (χ1v) is 6.19. The van der Waals surface area contributed by atoms with Crippen LogP contribution in [0.5, 0.6) is 0 Å². The zero-order valence-corrected chi connectivity index (χ0v) is 9.71. The van der Waals surface area contributed by atoms with Crippen LogP contribution in [-0.2, 0) is 5.75 Å². The monoisotopic (exact) mass is 236 g/mol. The van der Waals surface area contributed by atoms with Gasteiger partial charge in [0.05, 0.1) is 11.8 Å². The predicted molar refractivity (Wildman–Crippen MR) is 65.0 cm³/mol. The summed E-state index contributed by atoms with van der Waals surface area (Å²) >= 11 is 1.81. The first-order chi connectivity index (χ1) is 7.72. The Bertz CT molecular complexity index is 516. The number of hydrogen-bond acceptors (Lipinski definition) is 3. The van der Waals surface area contributed by atoms with Gasteiger partial charge in [-0.2, -0.15) is 11.8 Å². The van der Waals surface area contributed by atoms with E-state index in [9.17, 15) is 4.79 Å². The van der Waals surface area contributed by atoms with E-state index in [4.69, 9.17) is 9.52 Å². The molecule has 0 atom stereocenters. The molecule has 84 valence electrons. The molecule has 0 unspecified atom stereocenters. The zero-order chi connectivity index (χ0) is 11.5. The van der Waals surface area contributed by atoms with E-state index < -0.39 is 5.97 Å². The molecule has 2 aromatic rings. The molecule has 0 aliphatic rings. The van der Waals surface area contributed by atoms with Gasteiger partial charge >= 0.3 is 5.97 Å². The van der Waals surface area contributed by atoms with Gasteiger partial charge in [0.2, 0.25) is 0 Å². The normalized spacial score (nSPS) is 10.8. The van der Waals surface area contributed by atoms with Crippen LogP contribution in [0.2, 0.25) is 0 Å². The van der Waals surface area contributed by atoms with Crippen molar-refractivity contribution in [2.75, 3.05) is 5.75 Å². The van der Waals surface area contributed by atoms with Crippen LogP contribution >= 0.6 is 11.8 Å². The molecule has 1 aromatic carbocycles. The highest BCUT2D eigenvalue weighted by atomic mass is 32.2. The third-order valence-electron chi connectivity index (χ3n) is 2.36. The number of rotatable bonds is 4. The molecular weight excluding hydrogens is 224 g/mol. The van der Waals surface area contributed by atoms with Crippen LogP contribution < -0.4 is 0 Å². The Hall–Kier alpha value is -1.42. The Balaban J connectivity index is 2.38. The maximum Gasteiger partial charge on any atom is 0.335 e. The van der Waals surface area contributed by atoms with Crippen molar-refractivity contribution in [3.05, 3.63) is 35.6 Å². The van der Waals surface area contributed by atoms with Crippen molar-refractivity contribution in [2.24, 2.45) is 0 Å². The molecule has 0 bridgehead atoms. The lowest BCUT2D eigenvalue weighted by atomic mass is 10.1. The van der Waals surface area contributed by atoms with Crippen LogP contribution in [0.3, 0.4) is 0 Å². The quantitative estimate of drug-likeness (QED) is 0.884. The standard InChI is InChI=1S/C12H12O3S/c1-2-16-7-9-6-15-11-5-8(12(13)14)3-4-10(9)11/h3-6H,2,7H2,1H3,(H,13,14). The molecule has 0 saturated carbocycles. The third-order valence-corrected chi connectivity index (χ3v) is 3.29. The summed E-state index contributed by atoms with van der Waals surface area (Å²) in [7, 11) is 0. The zero-order valence-electron chi connectivity index (χ0n) is 8.90. The van der Waals surface area contributed by atoms with Gasteiger partial charge in [-0.3, -0.25) is 0 Å². The van der Waals surface area contributed by atoms with Gasteiger partial charge in [-0.05, 0) is 24.0 Å². The minimum absolute atomic E-state index is 0.261. The smallest absolute Gasteiger partial charge is 0.335 e. The van der Waals surface area contributed by atoms with E-state index in [0.29, 0.717) is 5.58 Å². The largest absolute Gasteiger partial charge is 0.478 e. The van der Waals surface area contributed by atoms with E-state index in [-0.39, 0.29) is 5.56 Å². The molecule has 2 rings (SSSR count). The molecule has 0 fully saturated rings. The van der Waals surface area contributed by atoms with E-state index in [2.05, 4.69) is 6.92 Å². The molecule has 4 heteroatoms. The first-order valence-electron chi connectivity index (χ1n) is 5.03. The van der Waals surface area contributed by atoms with E-state index in [1.54, 1.807) is 18.4 Å². The number of furan rings is 1. The summed E-state index contributed by atoms with van der Waals surface area (Å²) in [6.07, 6.45) is 1.71. The van der Waals surface area contributed by atoms with Crippen LogP contribution in [0, 0.1) is 0 Å². The number of carboxylic acid groups (broad SMARTS) is 1. The second-order valence-corrected chi connectivity index (χ2v) is 4.69. The number of thioether (sulfide) groups is 1. The van der Waals surface area contributed by atoms with Crippen LogP contribution in [0.15, 0.2) is 28.9 Å². The van der Waals surface area contributed by atoms with Crippen molar-refractivity contribution < 1.29 is 14.3 Å². The van der Waals surface area contributed by atoms with E-state index in [1.165, 1.54) is 0 Å². The van der Waals surface area contributed by atoms with Gasteiger partial charge in [0.15, 0.2) is 0 Å². The van der Waals surface area contributed by atoms with E-state index in [1.807, 2.05) is 17.8 Å². The van der Waals surface area contributed by atoms with Gasteiger partial charge in [-0.1, -0.05) is 6.92 Å². The number of benzene rings is 1. The first kappa shape index (κ1) is 11.1. The molecule has 1 heterocycles. The maximum absolute atomic E-state index is 10.8. The molecule has 0 radical (unpaired) electrons. The fourth-order valence-electron chi connectivity index (χ4n) is 1.54. The molecule has 0 aliphatic heterocycles. The lowest BCUT2D eigenvalue weighted by Gasteiger charge is -1.97. The molecule has 3 nitrogen and oxygen atoms in total.